The number of furan rings is 1. The van der Waals surface area contributed by atoms with Gasteiger partial charge in [0, 0.05) is 11.1 Å². The summed E-state index contributed by atoms with van der Waals surface area (Å²) in [5, 5.41) is 6.64. The molecule has 0 unspecified atom stereocenters. The van der Waals surface area contributed by atoms with Crippen LogP contribution in [0, 0.1) is 6.92 Å². The van der Waals surface area contributed by atoms with Gasteiger partial charge < -0.3 is 15.1 Å². The Labute approximate surface area is 155 Å². The van der Waals surface area contributed by atoms with Gasteiger partial charge in [0.15, 0.2) is 0 Å². The summed E-state index contributed by atoms with van der Waals surface area (Å²) in [6.07, 6.45) is -2.30. The van der Waals surface area contributed by atoms with Crippen LogP contribution in [0.4, 0.5) is 24.5 Å². The number of anilines is 2. The monoisotopic (exact) mass is 395 g/mol. The second kappa shape index (κ2) is 7.23. The highest BCUT2D eigenvalue weighted by atomic mass is 32.1. The molecule has 140 valence electrons. The van der Waals surface area contributed by atoms with Crippen molar-refractivity contribution in [3.8, 4) is 0 Å². The van der Waals surface area contributed by atoms with Crippen LogP contribution < -0.4 is 10.6 Å². The third kappa shape index (κ3) is 4.34. The highest BCUT2D eigenvalue weighted by Gasteiger charge is 2.34. The van der Waals surface area contributed by atoms with Crippen molar-refractivity contribution in [1.29, 1.82) is 0 Å². The van der Waals surface area contributed by atoms with Gasteiger partial charge in [0.2, 0.25) is 0 Å². The largest absolute Gasteiger partial charge is 0.472 e. The number of nitrogens with one attached hydrogen (secondary N) is 2. The summed E-state index contributed by atoms with van der Waals surface area (Å²) in [6.45, 7) is 1.68. The minimum absolute atomic E-state index is 0.0305. The van der Waals surface area contributed by atoms with E-state index in [0.717, 1.165) is 12.1 Å². The van der Waals surface area contributed by atoms with Gasteiger partial charge in [-0.1, -0.05) is 0 Å². The van der Waals surface area contributed by atoms with Gasteiger partial charge in [-0.2, -0.15) is 13.2 Å². The number of benzene rings is 1. The van der Waals surface area contributed by atoms with E-state index < -0.39 is 29.2 Å². The van der Waals surface area contributed by atoms with Crippen LogP contribution in [0.3, 0.4) is 0 Å². The average Bonchev–Trinajstić information content (AvgIpc) is 3.26. The normalized spacial score (nSPS) is 11.3. The van der Waals surface area contributed by atoms with Crippen LogP contribution in [0.5, 0.6) is 0 Å². The molecule has 2 N–H and O–H groups in total. The average molecular weight is 395 g/mol. The maximum absolute atomic E-state index is 13.4. The van der Waals surface area contributed by atoms with E-state index >= 15 is 0 Å². The molecule has 6 nitrogen and oxygen atoms in total. The molecule has 0 atom stereocenters. The minimum Gasteiger partial charge on any atom is -0.472 e. The maximum atomic E-state index is 13.4. The topological polar surface area (TPSA) is 84.2 Å². The van der Waals surface area contributed by atoms with Gasteiger partial charge in [-0.25, -0.2) is 4.98 Å². The van der Waals surface area contributed by atoms with E-state index in [9.17, 15) is 22.8 Å². The summed E-state index contributed by atoms with van der Waals surface area (Å²) in [6, 6.07) is 4.46. The Kier molecular flexibility index (Phi) is 5.00. The first-order chi connectivity index (χ1) is 12.7. The van der Waals surface area contributed by atoms with Crippen molar-refractivity contribution in [2.24, 2.45) is 0 Å². The molecule has 0 aliphatic carbocycles. The molecule has 0 spiro atoms. The van der Waals surface area contributed by atoms with Crippen LogP contribution >= 0.6 is 11.3 Å². The lowest BCUT2D eigenvalue weighted by Gasteiger charge is -2.15. The van der Waals surface area contributed by atoms with E-state index in [4.69, 9.17) is 4.42 Å². The van der Waals surface area contributed by atoms with E-state index in [0.29, 0.717) is 5.01 Å². The Morgan fingerprint density at radius 1 is 1.15 bits per heavy atom. The van der Waals surface area contributed by atoms with Crippen LogP contribution in [0.1, 0.15) is 31.4 Å². The van der Waals surface area contributed by atoms with Gasteiger partial charge >= 0.3 is 6.18 Å². The summed E-state index contributed by atoms with van der Waals surface area (Å²) in [7, 11) is 0. The van der Waals surface area contributed by atoms with Crippen LogP contribution in [0.2, 0.25) is 0 Å². The van der Waals surface area contributed by atoms with Crippen molar-refractivity contribution in [2.45, 2.75) is 13.1 Å². The second-order valence-corrected chi connectivity index (χ2v) is 6.49. The number of hydrogen-bond acceptors (Lipinski definition) is 5. The zero-order valence-electron chi connectivity index (χ0n) is 13.8. The predicted octanol–water partition coefficient (Wildman–Crippen LogP) is 4.57. The third-order valence-electron chi connectivity index (χ3n) is 3.47. The van der Waals surface area contributed by atoms with Crippen molar-refractivity contribution in [1.82, 2.24) is 4.98 Å². The SMILES string of the molecule is Cc1nc(C(=O)Nc2ccc(NC(=O)c3ccoc3)cc2C(F)(F)F)cs1. The van der Waals surface area contributed by atoms with Crippen LogP contribution in [-0.2, 0) is 6.18 Å². The Bertz CT molecular complexity index is 981. The maximum Gasteiger partial charge on any atom is 0.418 e. The Hall–Kier alpha value is -3.14. The van der Waals surface area contributed by atoms with E-state index in [1.165, 1.54) is 41.4 Å². The molecule has 2 amide bonds. The lowest BCUT2D eigenvalue weighted by Crippen LogP contribution is -2.18. The molecular formula is C17H12F3N3O3S. The van der Waals surface area contributed by atoms with E-state index in [1.807, 2.05) is 0 Å². The van der Waals surface area contributed by atoms with E-state index in [1.54, 1.807) is 6.92 Å². The number of aryl methyl sites for hydroxylation is 1. The number of hydrogen-bond donors (Lipinski definition) is 2. The number of amides is 2. The zero-order valence-corrected chi connectivity index (χ0v) is 14.6. The first kappa shape index (κ1) is 18.6. The predicted molar refractivity (Wildman–Crippen MR) is 92.9 cm³/mol. The van der Waals surface area contributed by atoms with Crippen LogP contribution in [0.25, 0.3) is 0 Å². The first-order valence-electron chi connectivity index (χ1n) is 7.52. The highest BCUT2D eigenvalue weighted by Crippen LogP contribution is 2.37. The fraction of sp³-hybridized carbons (Fsp3) is 0.118. The van der Waals surface area contributed by atoms with E-state index in [2.05, 4.69) is 15.6 Å². The summed E-state index contributed by atoms with van der Waals surface area (Å²) < 4.78 is 45.0. The molecule has 2 aromatic heterocycles. The molecule has 2 heterocycles. The number of carbonyl (C=O) groups is 2. The third-order valence-corrected chi connectivity index (χ3v) is 4.24. The second-order valence-electron chi connectivity index (χ2n) is 5.43. The number of alkyl halides is 3. The number of carbonyl (C=O) groups excluding carboxylic acids is 2. The fourth-order valence-corrected chi connectivity index (χ4v) is 2.81. The van der Waals surface area contributed by atoms with Gasteiger partial charge in [-0.05, 0) is 31.2 Å². The lowest BCUT2D eigenvalue weighted by atomic mass is 10.1. The Morgan fingerprint density at radius 2 is 1.93 bits per heavy atom. The molecule has 0 saturated heterocycles. The molecule has 0 radical (unpaired) electrons. The smallest absolute Gasteiger partial charge is 0.418 e. The van der Waals surface area contributed by atoms with Gasteiger partial charge in [0.1, 0.15) is 12.0 Å². The van der Waals surface area contributed by atoms with Crippen molar-refractivity contribution in [3.63, 3.8) is 0 Å². The fourth-order valence-electron chi connectivity index (χ4n) is 2.22. The molecule has 1 aromatic carbocycles. The molecule has 27 heavy (non-hydrogen) atoms. The first-order valence-corrected chi connectivity index (χ1v) is 8.40. The zero-order chi connectivity index (χ0) is 19.6. The number of rotatable bonds is 4. The molecule has 0 fully saturated rings. The van der Waals surface area contributed by atoms with E-state index in [-0.39, 0.29) is 16.9 Å². The Balaban J connectivity index is 1.86. The molecule has 0 saturated carbocycles. The standard InChI is InChI=1S/C17H12F3N3O3S/c1-9-21-14(8-27-9)16(25)23-13-3-2-11(6-12(13)17(18,19)20)22-15(24)10-4-5-26-7-10/h2-8H,1H3,(H,22,24)(H,23,25). The van der Waals surface area contributed by atoms with Gasteiger partial charge in [0.05, 0.1) is 28.1 Å². The molecule has 0 bridgehead atoms. The van der Waals surface area contributed by atoms with Crippen molar-refractivity contribution in [2.75, 3.05) is 10.6 Å². The van der Waals surface area contributed by atoms with Crippen molar-refractivity contribution >= 4 is 34.5 Å². The molecule has 0 aliphatic rings. The summed E-state index contributed by atoms with van der Waals surface area (Å²) in [5.41, 5.74) is -1.40. The number of nitrogens with zero attached hydrogens (tertiary/aromatic N) is 1. The van der Waals surface area contributed by atoms with Gasteiger partial charge in [0.25, 0.3) is 11.8 Å². The Morgan fingerprint density at radius 3 is 2.52 bits per heavy atom. The summed E-state index contributed by atoms with van der Waals surface area (Å²) in [4.78, 5) is 28.0. The van der Waals surface area contributed by atoms with Gasteiger partial charge in [-0.15, -0.1) is 11.3 Å². The number of aromatic nitrogens is 1. The summed E-state index contributed by atoms with van der Waals surface area (Å²) in [5.74, 6) is -1.37. The quantitative estimate of drug-likeness (QED) is 0.678. The lowest BCUT2D eigenvalue weighted by molar-refractivity contribution is -0.136. The van der Waals surface area contributed by atoms with Crippen LogP contribution in [0.15, 0.2) is 46.6 Å². The molecule has 3 rings (SSSR count). The summed E-state index contributed by atoms with van der Waals surface area (Å²) >= 11 is 1.21. The number of thiazole rings is 1. The van der Waals surface area contributed by atoms with Crippen molar-refractivity contribution < 1.29 is 27.2 Å². The highest BCUT2D eigenvalue weighted by molar-refractivity contribution is 7.09. The number of halogens is 3. The van der Waals surface area contributed by atoms with Crippen molar-refractivity contribution in [3.05, 3.63) is 64.0 Å². The van der Waals surface area contributed by atoms with Gasteiger partial charge in [-0.3, -0.25) is 9.59 Å². The molecule has 10 heteroatoms. The molecular weight excluding hydrogens is 383 g/mol. The minimum atomic E-state index is -4.74. The molecule has 3 aromatic rings. The molecule has 0 aliphatic heterocycles. The van der Waals surface area contributed by atoms with Crippen LogP contribution in [-0.4, -0.2) is 16.8 Å².